The molecule has 1 amide bonds. The molecule has 0 atom stereocenters. The second kappa shape index (κ2) is 8.09. The molecule has 0 bridgehead atoms. The van der Waals surface area contributed by atoms with Crippen molar-refractivity contribution >= 4 is 37.5 Å². The molecular weight excluding hydrogens is 420 g/mol. The molecule has 0 unspecified atom stereocenters. The summed E-state index contributed by atoms with van der Waals surface area (Å²) in [5.74, 6) is 0.381. The summed E-state index contributed by atoms with van der Waals surface area (Å²) in [6.07, 6.45) is 2.05. The lowest BCUT2D eigenvalue weighted by Gasteiger charge is -2.16. The first kappa shape index (κ1) is 18.7. The third-order valence-electron chi connectivity index (χ3n) is 4.03. The van der Waals surface area contributed by atoms with Gasteiger partial charge in [-0.1, -0.05) is 18.2 Å². The smallest absolute Gasteiger partial charge is 0.263 e. The Balaban J connectivity index is 1.67. The number of likely N-dealkylation sites (tertiary alicyclic amines) is 1. The van der Waals surface area contributed by atoms with Gasteiger partial charge in [0.15, 0.2) is 6.61 Å². The van der Waals surface area contributed by atoms with Crippen molar-refractivity contribution < 1.29 is 17.9 Å². The maximum absolute atomic E-state index is 12.5. The number of anilines is 1. The third kappa shape index (κ3) is 4.56. The van der Waals surface area contributed by atoms with E-state index in [2.05, 4.69) is 20.7 Å². The number of rotatable bonds is 6. The minimum Gasteiger partial charge on any atom is -0.484 e. The van der Waals surface area contributed by atoms with Gasteiger partial charge in [0.05, 0.1) is 5.69 Å². The van der Waals surface area contributed by atoms with Crippen LogP contribution in [0.4, 0.5) is 5.69 Å². The van der Waals surface area contributed by atoms with Crippen molar-refractivity contribution in [2.24, 2.45) is 0 Å². The number of ether oxygens (including phenoxy) is 1. The zero-order chi connectivity index (χ0) is 18.6. The summed E-state index contributed by atoms with van der Waals surface area (Å²) >= 11 is 3.25. The maximum Gasteiger partial charge on any atom is 0.263 e. The zero-order valence-corrected chi connectivity index (χ0v) is 16.4. The van der Waals surface area contributed by atoms with Crippen LogP contribution in [-0.4, -0.2) is 38.9 Å². The first-order valence-corrected chi connectivity index (χ1v) is 10.5. The first-order chi connectivity index (χ1) is 12.5. The summed E-state index contributed by atoms with van der Waals surface area (Å²) in [6.45, 7) is 1.49. The van der Waals surface area contributed by atoms with Crippen molar-refractivity contribution in [2.75, 3.05) is 24.4 Å². The molecule has 1 aliphatic heterocycles. The molecule has 26 heavy (non-hydrogen) atoms. The lowest BCUT2D eigenvalue weighted by molar-refractivity contribution is -0.132. The van der Waals surface area contributed by atoms with Crippen LogP contribution in [-0.2, 0) is 14.8 Å². The summed E-state index contributed by atoms with van der Waals surface area (Å²) in [5.41, 5.74) is 0.367. The largest absolute Gasteiger partial charge is 0.484 e. The second-order valence-corrected chi connectivity index (χ2v) is 8.45. The molecule has 0 spiro atoms. The molecule has 1 aliphatic rings. The predicted octanol–water partition coefficient (Wildman–Crippen LogP) is 3.25. The van der Waals surface area contributed by atoms with Crippen LogP contribution in [0.5, 0.6) is 5.75 Å². The molecule has 1 N–H and O–H groups in total. The van der Waals surface area contributed by atoms with Gasteiger partial charge in [0, 0.05) is 23.6 Å². The van der Waals surface area contributed by atoms with E-state index in [-0.39, 0.29) is 17.4 Å². The summed E-state index contributed by atoms with van der Waals surface area (Å²) in [5, 5.41) is 0. The lowest BCUT2D eigenvalue weighted by atomic mass is 10.3. The van der Waals surface area contributed by atoms with E-state index in [9.17, 15) is 13.2 Å². The van der Waals surface area contributed by atoms with Crippen LogP contribution < -0.4 is 9.46 Å². The van der Waals surface area contributed by atoms with Crippen LogP contribution in [0.1, 0.15) is 12.8 Å². The molecule has 1 heterocycles. The van der Waals surface area contributed by atoms with Crippen molar-refractivity contribution in [2.45, 2.75) is 17.7 Å². The topological polar surface area (TPSA) is 75.7 Å². The Labute approximate surface area is 161 Å². The van der Waals surface area contributed by atoms with Gasteiger partial charge in [-0.3, -0.25) is 9.52 Å². The maximum atomic E-state index is 12.5. The highest BCUT2D eigenvalue weighted by Gasteiger charge is 2.19. The fraction of sp³-hybridized carbons (Fsp3) is 0.278. The van der Waals surface area contributed by atoms with E-state index in [1.807, 2.05) is 0 Å². The number of halogens is 1. The van der Waals surface area contributed by atoms with Crippen molar-refractivity contribution in [1.82, 2.24) is 4.90 Å². The van der Waals surface area contributed by atoms with Crippen LogP contribution >= 0.6 is 15.9 Å². The molecule has 2 aromatic carbocycles. The number of nitrogens with zero attached hydrogens (tertiary/aromatic N) is 1. The number of carbonyl (C=O) groups excluding carboxylic acids is 1. The standard InChI is InChI=1S/C18H19BrN2O4S/c19-16-8-1-2-9-17(16)26(23,24)20-14-6-5-7-15(12-14)25-13-18(22)21-10-3-4-11-21/h1-2,5-9,12,20H,3-4,10-11,13H2. The fourth-order valence-electron chi connectivity index (χ4n) is 2.73. The van der Waals surface area contributed by atoms with Crippen LogP contribution in [0.25, 0.3) is 0 Å². The van der Waals surface area contributed by atoms with Gasteiger partial charge in [0.25, 0.3) is 15.9 Å². The number of amides is 1. The van der Waals surface area contributed by atoms with Crippen LogP contribution in [0, 0.1) is 0 Å². The van der Waals surface area contributed by atoms with Crippen molar-refractivity contribution in [3.05, 3.63) is 53.0 Å². The van der Waals surface area contributed by atoms with Gasteiger partial charge in [-0.25, -0.2) is 8.42 Å². The van der Waals surface area contributed by atoms with Crippen molar-refractivity contribution in [3.63, 3.8) is 0 Å². The van der Waals surface area contributed by atoms with E-state index in [1.165, 1.54) is 6.07 Å². The Morgan fingerprint density at radius 3 is 2.58 bits per heavy atom. The summed E-state index contributed by atoms with van der Waals surface area (Å²) < 4.78 is 33.6. The molecule has 6 nitrogen and oxygen atoms in total. The van der Waals surface area contributed by atoms with Crippen molar-refractivity contribution in [3.8, 4) is 5.75 Å². The van der Waals surface area contributed by atoms with E-state index in [1.54, 1.807) is 47.4 Å². The summed E-state index contributed by atoms with van der Waals surface area (Å²) in [6, 6.07) is 13.1. The second-order valence-electron chi connectivity index (χ2n) is 5.94. The van der Waals surface area contributed by atoms with Crippen LogP contribution in [0.3, 0.4) is 0 Å². The SMILES string of the molecule is O=C(COc1cccc(NS(=O)(=O)c2ccccc2Br)c1)N1CCCC1. The molecule has 8 heteroatoms. The molecule has 0 radical (unpaired) electrons. The zero-order valence-electron chi connectivity index (χ0n) is 14.0. The Hall–Kier alpha value is -2.06. The number of hydrogen-bond donors (Lipinski definition) is 1. The van der Waals surface area contributed by atoms with E-state index in [0.717, 1.165) is 25.9 Å². The Morgan fingerprint density at radius 1 is 1.12 bits per heavy atom. The van der Waals surface area contributed by atoms with Crippen LogP contribution in [0.15, 0.2) is 57.9 Å². The van der Waals surface area contributed by atoms with Gasteiger partial charge in [-0.05, 0) is 53.0 Å². The molecule has 0 aromatic heterocycles. The van der Waals surface area contributed by atoms with E-state index in [0.29, 0.717) is 15.9 Å². The molecular formula is C18H19BrN2O4S. The number of nitrogens with one attached hydrogen (secondary N) is 1. The lowest BCUT2D eigenvalue weighted by Crippen LogP contribution is -2.32. The average Bonchev–Trinajstić information content (AvgIpc) is 3.14. The van der Waals surface area contributed by atoms with E-state index >= 15 is 0 Å². The Morgan fingerprint density at radius 2 is 1.85 bits per heavy atom. The van der Waals surface area contributed by atoms with E-state index in [4.69, 9.17) is 4.74 Å². The monoisotopic (exact) mass is 438 g/mol. The average molecular weight is 439 g/mol. The number of benzene rings is 2. The minimum absolute atomic E-state index is 0.0540. The fourth-order valence-corrected chi connectivity index (χ4v) is 4.78. The molecule has 1 saturated heterocycles. The van der Waals surface area contributed by atoms with Gasteiger partial charge in [0.1, 0.15) is 10.6 Å². The predicted molar refractivity (Wildman–Crippen MR) is 103 cm³/mol. The van der Waals surface area contributed by atoms with Gasteiger partial charge in [-0.2, -0.15) is 0 Å². The van der Waals surface area contributed by atoms with E-state index < -0.39 is 10.0 Å². The molecule has 1 fully saturated rings. The van der Waals surface area contributed by atoms with Gasteiger partial charge < -0.3 is 9.64 Å². The quantitative estimate of drug-likeness (QED) is 0.750. The van der Waals surface area contributed by atoms with Gasteiger partial charge >= 0.3 is 0 Å². The van der Waals surface area contributed by atoms with Gasteiger partial charge in [-0.15, -0.1) is 0 Å². The molecule has 2 aromatic rings. The molecule has 0 aliphatic carbocycles. The Bertz CT molecular complexity index is 896. The van der Waals surface area contributed by atoms with Crippen molar-refractivity contribution in [1.29, 1.82) is 0 Å². The third-order valence-corrected chi connectivity index (χ3v) is 6.43. The first-order valence-electron chi connectivity index (χ1n) is 8.24. The van der Waals surface area contributed by atoms with Gasteiger partial charge in [0.2, 0.25) is 0 Å². The van der Waals surface area contributed by atoms with Crippen LogP contribution in [0.2, 0.25) is 0 Å². The number of carbonyl (C=O) groups is 1. The summed E-state index contributed by atoms with van der Waals surface area (Å²) in [4.78, 5) is 14.0. The highest BCUT2D eigenvalue weighted by atomic mass is 79.9. The Kier molecular flexibility index (Phi) is 5.83. The highest BCUT2D eigenvalue weighted by molar-refractivity contribution is 9.10. The highest BCUT2D eigenvalue weighted by Crippen LogP contribution is 2.25. The minimum atomic E-state index is -3.73. The summed E-state index contributed by atoms with van der Waals surface area (Å²) in [7, 11) is -3.73. The molecule has 0 saturated carbocycles. The number of hydrogen-bond acceptors (Lipinski definition) is 4. The number of sulfonamides is 1. The molecule has 138 valence electrons. The normalized spacial score (nSPS) is 14.3. The molecule has 3 rings (SSSR count).